The maximum atomic E-state index is 10.8. The Balaban J connectivity index is 2.44. The first-order valence-electron chi connectivity index (χ1n) is 5.31. The van der Waals surface area contributed by atoms with Gasteiger partial charge in [0.05, 0.1) is 17.9 Å². The number of aromatic nitrogens is 2. The lowest BCUT2D eigenvalue weighted by molar-refractivity contribution is 0.0592. The average Bonchev–Trinajstić information content (AvgIpc) is 2.73. The molecule has 0 aliphatic heterocycles. The van der Waals surface area contributed by atoms with Gasteiger partial charge in [-0.05, 0) is 13.3 Å². The lowest BCUT2D eigenvalue weighted by atomic mass is 10.2. The number of hydrogen-bond donors (Lipinski definition) is 2. The van der Waals surface area contributed by atoms with Crippen molar-refractivity contribution in [2.24, 2.45) is 11.5 Å². The standard InChI is InChI=1S/C10H18N4O2/c1-2-16-9(5-11)3-4-14-7-8(6-13-14)10(12)15/h6-7,9H,2-5,11H2,1H3,(H2,12,15). The van der Waals surface area contributed by atoms with Crippen molar-refractivity contribution in [3.63, 3.8) is 0 Å². The SMILES string of the molecule is CCOC(CN)CCn1cc(C(N)=O)cn1. The summed E-state index contributed by atoms with van der Waals surface area (Å²) in [5.74, 6) is -0.466. The van der Waals surface area contributed by atoms with Crippen molar-refractivity contribution in [1.82, 2.24) is 9.78 Å². The van der Waals surface area contributed by atoms with Crippen LogP contribution in [0.25, 0.3) is 0 Å². The van der Waals surface area contributed by atoms with Gasteiger partial charge in [0.25, 0.3) is 5.91 Å². The van der Waals surface area contributed by atoms with Crippen LogP contribution in [-0.2, 0) is 11.3 Å². The van der Waals surface area contributed by atoms with Crippen LogP contribution >= 0.6 is 0 Å². The minimum absolute atomic E-state index is 0.0335. The van der Waals surface area contributed by atoms with Crippen LogP contribution in [0.3, 0.4) is 0 Å². The molecule has 90 valence electrons. The van der Waals surface area contributed by atoms with Gasteiger partial charge in [-0.3, -0.25) is 9.48 Å². The molecule has 1 heterocycles. The molecule has 1 unspecified atom stereocenters. The molecule has 0 aromatic carbocycles. The smallest absolute Gasteiger partial charge is 0.251 e. The van der Waals surface area contributed by atoms with Gasteiger partial charge >= 0.3 is 0 Å². The van der Waals surface area contributed by atoms with Crippen LogP contribution in [0.5, 0.6) is 0 Å². The van der Waals surface area contributed by atoms with Crippen molar-refractivity contribution in [2.45, 2.75) is 26.0 Å². The van der Waals surface area contributed by atoms with E-state index in [9.17, 15) is 4.79 Å². The van der Waals surface area contributed by atoms with E-state index in [0.29, 0.717) is 25.3 Å². The van der Waals surface area contributed by atoms with Gasteiger partial charge in [-0.1, -0.05) is 0 Å². The molecule has 6 nitrogen and oxygen atoms in total. The van der Waals surface area contributed by atoms with Crippen molar-refractivity contribution in [3.8, 4) is 0 Å². The highest BCUT2D eigenvalue weighted by molar-refractivity contribution is 5.92. The van der Waals surface area contributed by atoms with Crippen molar-refractivity contribution in [2.75, 3.05) is 13.2 Å². The van der Waals surface area contributed by atoms with Gasteiger partial charge in [0.1, 0.15) is 0 Å². The quantitative estimate of drug-likeness (QED) is 0.669. The minimum atomic E-state index is -0.466. The summed E-state index contributed by atoms with van der Waals surface area (Å²) in [4.78, 5) is 10.8. The van der Waals surface area contributed by atoms with E-state index in [1.54, 1.807) is 10.9 Å². The molecule has 0 radical (unpaired) electrons. The molecule has 0 aliphatic rings. The van der Waals surface area contributed by atoms with Gasteiger partial charge in [0, 0.05) is 25.9 Å². The lowest BCUT2D eigenvalue weighted by Gasteiger charge is -2.14. The Labute approximate surface area is 94.5 Å². The third-order valence-corrected chi connectivity index (χ3v) is 2.26. The van der Waals surface area contributed by atoms with Gasteiger partial charge in [0.15, 0.2) is 0 Å². The molecule has 1 rings (SSSR count). The van der Waals surface area contributed by atoms with Crippen molar-refractivity contribution in [1.29, 1.82) is 0 Å². The summed E-state index contributed by atoms with van der Waals surface area (Å²) >= 11 is 0. The van der Waals surface area contributed by atoms with Crippen LogP contribution in [0.4, 0.5) is 0 Å². The van der Waals surface area contributed by atoms with Gasteiger partial charge < -0.3 is 16.2 Å². The van der Waals surface area contributed by atoms with E-state index in [-0.39, 0.29) is 6.10 Å². The summed E-state index contributed by atoms with van der Waals surface area (Å²) < 4.78 is 7.08. The summed E-state index contributed by atoms with van der Waals surface area (Å²) in [6.07, 6.45) is 3.89. The van der Waals surface area contributed by atoms with Gasteiger partial charge in [-0.25, -0.2) is 0 Å². The molecule has 0 aliphatic carbocycles. The summed E-state index contributed by atoms with van der Waals surface area (Å²) in [6, 6.07) is 0. The normalized spacial score (nSPS) is 12.6. The Morgan fingerprint density at radius 1 is 1.69 bits per heavy atom. The molecule has 16 heavy (non-hydrogen) atoms. The highest BCUT2D eigenvalue weighted by Crippen LogP contribution is 2.02. The Hall–Kier alpha value is -1.40. The van der Waals surface area contributed by atoms with Crippen LogP contribution < -0.4 is 11.5 Å². The number of rotatable bonds is 7. The molecule has 1 atom stereocenters. The molecule has 1 aromatic rings. The maximum absolute atomic E-state index is 10.8. The van der Waals surface area contributed by atoms with Crippen LogP contribution in [0.1, 0.15) is 23.7 Å². The number of primary amides is 1. The van der Waals surface area contributed by atoms with Crippen molar-refractivity contribution in [3.05, 3.63) is 18.0 Å². The van der Waals surface area contributed by atoms with Crippen molar-refractivity contribution < 1.29 is 9.53 Å². The Morgan fingerprint density at radius 3 is 2.94 bits per heavy atom. The number of nitrogens with zero attached hydrogens (tertiary/aromatic N) is 2. The fourth-order valence-electron chi connectivity index (χ4n) is 1.39. The molecule has 0 bridgehead atoms. The van der Waals surface area contributed by atoms with E-state index in [4.69, 9.17) is 16.2 Å². The van der Waals surface area contributed by atoms with Crippen LogP contribution in [0.2, 0.25) is 0 Å². The predicted molar refractivity (Wildman–Crippen MR) is 59.8 cm³/mol. The third kappa shape index (κ3) is 3.63. The summed E-state index contributed by atoms with van der Waals surface area (Å²) in [5.41, 5.74) is 11.1. The summed E-state index contributed by atoms with van der Waals surface area (Å²) in [7, 11) is 0. The highest BCUT2D eigenvalue weighted by Gasteiger charge is 2.08. The molecule has 6 heteroatoms. The van der Waals surface area contributed by atoms with E-state index in [2.05, 4.69) is 5.10 Å². The fraction of sp³-hybridized carbons (Fsp3) is 0.600. The van der Waals surface area contributed by atoms with Crippen LogP contribution in [0.15, 0.2) is 12.4 Å². The monoisotopic (exact) mass is 226 g/mol. The zero-order chi connectivity index (χ0) is 12.0. The summed E-state index contributed by atoms with van der Waals surface area (Å²) in [6.45, 7) is 3.72. The molecule has 4 N–H and O–H groups in total. The van der Waals surface area contributed by atoms with E-state index in [1.165, 1.54) is 6.20 Å². The Morgan fingerprint density at radius 2 is 2.44 bits per heavy atom. The van der Waals surface area contributed by atoms with Gasteiger partial charge in [-0.15, -0.1) is 0 Å². The molecular weight excluding hydrogens is 208 g/mol. The number of aryl methyl sites for hydroxylation is 1. The van der Waals surface area contributed by atoms with Gasteiger partial charge in [-0.2, -0.15) is 5.10 Å². The number of nitrogens with two attached hydrogens (primary N) is 2. The number of carbonyl (C=O) groups is 1. The van der Waals surface area contributed by atoms with Crippen LogP contribution in [-0.4, -0.2) is 34.9 Å². The predicted octanol–water partition coefficient (Wildman–Crippen LogP) is -0.264. The first-order chi connectivity index (χ1) is 7.67. The number of amides is 1. The first kappa shape index (κ1) is 12.7. The topological polar surface area (TPSA) is 96.2 Å². The number of ether oxygens (including phenoxy) is 1. The molecule has 0 fully saturated rings. The van der Waals surface area contributed by atoms with Gasteiger partial charge in [0.2, 0.25) is 0 Å². The second-order valence-corrected chi connectivity index (χ2v) is 3.46. The molecule has 1 amide bonds. The lowest BCUT2D eigenvalue weighted by Crippen LogP contribution is -2.25. The number of hydrogen-bond acceptors (Lipinski definition) is 4. The first-order valence-corrected chi connectivity index (χ1v) is 5.31. The van der Waals surface area contributed by atoms with Crippen molar-refractivity contribution >= 4 is 5.91 Å². The minimum Gasteiger partial charge on any atom is -0.377 e. The second kappa shape index (κ2) is 6.24. The third-order valence-electron chi connectivity index (χ3n) is 2.26. The molecule has 0 saturated heterocycles. The zero-order valence-corrected chi connectivity index (χ0v) is 9.43. The van der Waals surface area contributed by atoms with E-state index >= 15 is 0 Å². The fourth-order valence-corrected chi connectivity index (χ4v) is 1.39. The maximum Gasteiger partial charge on any atom is 0.251 e. The van der Waals surface area contributed by atoms with E-state index in [0.717, 1.165) is 6.42 Å². The van der Waals surface area contributed by atoms with Crippen LogP contribution in [0, 0.1) is 0 Å². The Kier molecular flexibility index (Phi) is 4.94. The highest BCUT2D eigenvalue weighted by atomic mass is 16.5. The second-order valence-electron chi connectivity index (χ2n) is 3.46. The average molecular weight is 226 g/mol. The molecular formula is C10H18N4O2. The Bertz CT molecular complexity index is 337. The molecule has 1 aromatic heterocycles. The van der Waals surface area contributed by atoms with E-state index < -0.39 is 5.91 Å². The zero-order valence-electron chi connectivity index (χ0n) is 9.43. The molecule has 0 saturated carbocycles. The largest absolute Gasteiger partial charge is 0.377 e. The van der Waals surface area contributed by atoms with E-state index in [1.807, 2.05) is 6.92 Å². The summed E-state index contributed by atoms with van der Waals surface area (Å²) in [5, 5.41) is 4.02. The molecule has 0 spiro atoms. The number of carbonyl (C=O) groups excluding carboxylic acids is 1.